The molecular formula is C11H9N3O. The first-order valence-corrected chi connectivity index (χ1v) is 4.45. The normalized spacial score (nSPS) is 10.9. The molecule has 4 heteroatoms. The molecule has 0 aliphatic heterocycles. The lowest BCUT2D eigenvalue weighted by Gasteiger charge is -1.96. The molecule has 0 unspecified atom stereocenters. The Morgan fingerprint density at radius 3 is 2.73 bits per heavy atom. The van der Waals surface area contributed by atoms with Crippen molar-refractivity contribution in [3.8, 4) is 0 Å². The summed E-state index contributed by atoms with van der Waals surface area (Å²) in [6, 6.07) is 7.53. The monoisotopic (exact) mass is 199 g/mol. The maximum Gasteiger partial charge on any atom is 0.241 e. The fraction of sp³-hybridized carbons (Fsp3) is 0. The van der Waals surface area contributed by atoms with E-state index in [2.05, 4.69) is 9.97 Å². The summed E-state index contributed by atoms with van der Waals surface area (Å²) in [5, 5.41) is 0. The Labute approximate surface area is 86.5 Å². The maximum absolute atomic E-state index is 10.5. The van der Waals surface area contributed by atoms with Crippen LogP contribution in [0.25, 0.3) is 17.1 Å². The van der Waals surface area contributed by atoms with Gasteiger partial charge in [-0.1, -0.05) is 12.1 Å². The smallest absolute Gasteiger partial charge is 0.241 e. The highest BCUT2D eigenvalue weighted by Gasteiger charge is 1.95. The molecule has 2 aromatic rings. The minimum atomic E-state index is -0.495. The lowest BCUT2D eigenvalue weighted by Crippen LogP contribution is -2.05. The fourth-order valence-electron chi connectivity index (χ4n) is 1.22. The molecule has 1 aromatic heterocycles. The first-order chi connectivity index (χ1) is 7.25. The third-order valence-corrected chi connectivity index (χ3v) is 1.89. The Bertz CT molecular complexity index is 534. The van der Waals surface area contributed by atoms with Gasteiger partial charge in [-0.25, -0.2) is 4.98 Å². The van der Waals surface area contributed by atoms with E-state index in [1.807, 2.05) is 24.3 Å². The number of fused-ring (bicyclic) bond motifs is 1. The number of nitrogens with two attached hydrogens (primary N) is 1. The highest BCUT2D eigenvalue weighted by molar-refractivity contribution is 5.90. The SMILES string of the molecule is NC(=O)C=Cc1cnc2ccccc2n1. The zero-order valence-electron chi connectivity index (χ0n) is 7.92. The second-order valence-corrected chi connectivity index (χ2v) is 3.02. The molecule has 0 spiro atoms. The molecule has 1 aromatic carbocycles. The van der Waals surface area contributed by atoms with Gasteiger partial charge >= 0.3 is 0 Å². The number of carbonyl (C=O) groups excluding carboxylic acids is 1. The summed E-state index contributed by atoms with van der Waals surface area (Å²) in [7, 11) is 0. The van der Waals surface area contributed by atoms with E-state index in [1.54, 1.807) is 12.3 Å². The summed E-state index contributed by atoms with van der Waals surface area (Å²) < 4.78 is 0. The van der Waals surface area contributed by atoms with Crippen LogP contribution >= 0.6 is 0 Å². The van der Waals surface area contributed by atoms with Gasteiger partial charge in [-0.2, -0.15) is 0 Å². The van der Waals surface area contributed by atoms with E-state index in [4.69, 9.17) is 5.73 Å². The number of aromatic nitrogens is 2. The number of hydrogen-bond donors (Lipinski definition) is 1. The summed E-state index contributed by atoms with van der Waals surface area (Å²) >= 11 is 0. The summed E-state index contributed by atoms with van der Waals surface area (Å²) in [5.41, 5.74) is 7.22. The summed E-state index contributed by atoms with van der Waals surface area (Å²) in [5.74, 6) is -0.495. The van der Waals surface area contributed by atoms with Crippen LogP contribution in [0.1, 0.15) is 5.69 Å². The molecule has 2 N–H and O–H groups in total. The van der Waals surface area contributed by atoms with Crippen molar-refractivity contribution in [2.24, 2.45) is 5.73 Å². The molecule has 2 rings (SSSR count). The van der Waals surface area contributed by atoms with Crippen LogP contribution in [0.5, 0.6) is 0 Å². The van der Waals surface area contributed by atoms with Crippen LogP contribution in [-0.2, 0) is 4.79 Å². The van der Waals surface area contributed by atoms with Gasteiger partial charge in [0.15, 0.2) is 0 Å². The van der Waals surface area contributed by atoms with E-state index >= 15 is 0 Å². The van der Waals surface area contributed by atoms with E-state index in [-0.39, 0.29) is 0 Å². The van der Waals surface area contributed by atoms with Gasteiger partial charge in [-0.05, 0) is 18.2 Å². The lowest BCUT2D eigenvalue weighted by molar-refractivity contribution is -0.113. The van der Waals surface area contributed by atoms with Crippen molar-refractivity contribution in [1.29, 1.82) is 0 Å². The van der Waals surface area contributed by atoms with Crippen LogP contribution in [-0.4, -0.2) is 15.9 Å². The predicted molar refractivity (Wildman–Crippen MR) is 57.8 cm³/mol. The van der Waals surface area contributed by atoms with Gasteiger partial charge in [0.1, 0.15) is 0 Å². The van der Waals surface area contributed by atoms with E-state index in [1.165, 1.54) is 6.08 Å². The summed E-state index contributed by atoms with van der Waals surface area (Å²) in [6.07, 6.45) is 4.41. The maximum atomic E-state index is 10.5. The second kappa shape index (κ2) is 3.88. The van der Waals surface area contributed by atoms with Crippen LogP contribution in [0.15, 0.2) is 36.5 Å². The van der Waals surface area contributed by atoms with Crippen LogP contribution in [0.4, 0.5) is 0 Å². The Morgan fingerprint density at radius 2 is 2.00 bits per heavy atom. The van der Waals surface area contributed by atoms with Gasteiger partial charge in [0.05, 0.1) is 22.9 Å². The minimum absolute atomic E-state index is 0.495. The van der Waals surface area contributed by atoms with Crippen molar-refractivity contribution in [3.05, 3.63) is 42.2 Å². The van der Waals surface area contributed by atoms with Gasteiger partial charge in [-0.3, -0.25) is 9.78 Å². The molecule has 1 heterocycles. The van der Waals surface area contributed by atoms with Crippen LogP contribution in [0.3, 0.4) is 0 Å². The average molecular weight is 199 g/mol. The van der Waals surface area contributed by atoms with E-state index in [0.717, 1.165) is 11.0 Å². The molecule has 0 saturated heterocycles. The molecule has 0 fully saturated rings. The van der Waals surface area contributed by atoms with Crippen molar-refractivity contribution in [2.45, 2.75) is 0 Å². The van der Waals surface area contributed by atoms with Crippen LogP contribution < -0.4 is 5.73 Å². The van der Waals surface area contributed by atoms with Gasteiger partial charge in [0.25, 0.3) is 0 Å². The molecule has 1 amide bonds. The molecule has 0 aliphatic rings. The highest BCUT2D eigenvalue weighted by atomic mass is 16.1. The molecular weight excluding hydrogens is 190 g/mol. The van der Waals surface area contributed by atoms with Crippen molar-refractivity contribution in [1.82, 2.24) is 9.97 Å². The molecule has 0 bridgehead atoms. The third-order valence-electron chi connectivity index (χ3n) is 1.89. The number of nitrogens with zero attached hydrogens (tertiary/aromatic N) is 2. The van der Waals surface area contributed by atoms with E-state index < -0.39 is 5.91 Å². The Kier molecular flexibility index (Phi) is 2.41. The van der Waals surface area contributed by atoms with Crippen molar-refractivity contribution in [3.63, 3.8) is 0 Å². The lowest BCUT2D eigenvalue weighted by atomic mass is 10.3. The zero-order chi connectivity index (χ0) is 10.7. The third kappa shape index (κ3) is 2.17. The number of rotatable bonds is 2. The van der Waals surface area contributed by atoms with E-state index in [0.29, 0.717) is 5.69 Å². The van der Waals surface area contributed by atoms with Crippen LogP contribution in [0, 0.1) is 0 Å². The minimum Gasteiger partial charge on any atom is -0.366 e. The summed E-state index contributed by atoms with van der Waals surface area (Å²) in [4.78, 5) is 19.0. The number of carbonyl (C=O) groups is 1. The van der Waals surface area contributed by atoms with Gasteiger partial charge in [0, 0.05) is 6.08 Å². The molecule has 4 nitrogen and oxygen atoms in total. The first kappa shape index (κ1) is 9.33. The topological polar surface area (TPSA) is 68.9 Å². The van der Waals surface area contributed by atoms with Crippen LogP contribution in [0.2, 0.25) is 0 Å². The van der Waals surface area contributed by atoms with Gasteiger partial charge in [-0.15, -0.1) is 0 Å². The standard InChI is InChI=1S/C11H9N3O/c12-11(15)6-5-8-7-13-9-3-1-2-4-10(9)14-8/h1-7H,(H2,12,15). The van der Waals surface area contributed by atoms with Gasteiger partial charge < -0.3 is 5.73 Å². The fourth-order valence-corrected chi connectivity index (χ4v) is 1.22. The molecule has 0 aliphatic carbocycles. The molecule has 74 valence electrons. The number of benzene rings is 1. The molecule has 0 radical (unpaired) electrons. The largest absolute Gasteiger partial charge is 0.366 e. The second-order valence-electron chi connectivity index (χ2n) is 3.02. The van der Waals surface area contributed by atoms with Crippen molar-refractivity contribution < 1.29 is 4.79 Å². The molecule has 0 saturated carbocycles. The Morgan fingerprint density at radius 1 is 1.27 bits per heavy atom. The number of amides is 1. The molecule has 0 atom stereocenters. The average Bonchev–Trinajstić information content (AvgIpc) is 2.26. The van der Waals surface area contributed by atoms with Crippen molar-refractivity contribution in [2.75, 3.05) is 0 Å². The van der Waals surface area contributed by atoms with E-state index in [9.17, 15) is 4.79 Å². The number of primary amides is 1. The quantitative estimate of drug-likeness (QED) is 0.737. The highest BCUT2D eigenvalue weighted by Crippen LogP contribution is 2.08. The van der Waals surface area contributed by atoms with Gasteiger partial charge in [0.2, 0.25) is 5.91 Å². The van der Waals surface area contributed by atoms with Crippen molar-refractivity contribution >= 4 is 23.0 Å². The Balaban J connectivity index is 2.43. The number of hydrogen-bond acceptors (Lipinski definition) is 3. The molecule has 15 heavy (non-hydrogen) atoms. The Hall–Kier alpha value is -2.23. The zero-order valence-corrected chi connectivity index (χ0v) is 7.92. The number of para-hydroxylation sites is 2. The summed E-state index contributed by atoms with van der Waals surface area (Å²) in [6.45, 7) is 0. The predicted octanol–water partition coefficient (Wildman–Crippen LogP) is 1.13. The first-order valence-electron chi connectivity index (χ1n) is 4.45.